The van der Waals surface area contributed by atoms with Crippen molar-refractivity contribution in [2.45, 2.75) is 51.0 Å². The van der Waals surface area contributed by atoms with Gasteiger partial charge in [-0.3, -0.25) is 4.79 Å². The van der Waals surface area contributed by atoms with Crippen LogP contribution >= 0.6 is 0 Å². The highest BCUT2D eigenvalue weighted by Crippen LogP contribution is 2.30. The summed E-state index contributed by atoms with van der Waals surface area (Å²) in [6.07, 6.45) is 8.15. The largest absolute Gasteiger partial charge is 0.353 e. The fourth-order valence-electron chi connectivity index (χ4n) is 1.95. The molecule has 0 saturated heterocycles. The minimum atomic E-state index is 0. The summed E-state index contributed by atoms with van der Waals surface area (Å²) in [5.74, 6) is 0. The number of nitrogens with one attached hydrogen (secondary N) is 1. The van der Waals surface area contributed by atoms with Crippen molar-refractivity contribution in [1.29, 1.82) is 0 Å². The molecule has 1 fully saturated rings. The van der Waals surface area contributed by atoms with E-state index in [0.29, 0.717) is 0 Å². The topological polar surface area (TPSA) is 29.1 Å². The Kier molecular flexibility index (Phi) is 2.92. The molecule has 0 aromatic carbocycles. The Labute approximate surface area is 69.8 Å². The monoisotopic (exact) mass is 157 g/mol. The molecule has 1 aliphatic rings. The molecule has 0 aromatic rings. The van der Waals surface area contributed by atoms with E-state index in [4.69, 9.17) is 0 Å². The van der Waals surface area contributed by atoms with Crippen molar-refractivity contribution in [1.82, 2.24) is 5.32 Å². The number of rotatable bonds is 3. The van der Waals surface area contributed by atoms with Crippen LogP contribution in [0.25, 0.3) is 0 Å². The van der Waals surface area contributed by atoms with Crippen molar-refractivity contribution in [3.8, 4) is 0 Å². The highest BCUT2D eigenvalue weighted by atomic mass is 16.1. The molecule has 66 valence electrons. The lowest BCUT2D eigenvalue weighted by Crippen LogP contribution is -2.45. The number of amides is 1. The van der Waals surface area contributed by atoms with Gasteiger partial charge in [-0.2, -0.15) is 0 Å². The predicted octanol–water partition coefficient (Wildman–Crippen LogP) is 2.09. The maximum atomic E-state index is 10.3. The average molecular weight is 157 g/mol. The number of hydrogen-bond donors (Lipinski definition) is 1. The van der Waals surface area contributed by atoms with Crippen molar-refractivity contribution in [3.63, 3.8) is 0 Å². The van der Waals surface area contributed by atoms with Crippen molar-refractivity contribution in [2.24, 2.45) is 0 Å². The second-order valence-electron chi connectivity index (χ2n) is 3.46. The van der Waals surface area contributed by atoms with E-state index in [1.54, 1.807) is 0 Å². The Morgan fingerprint density at radius 2 is 2.09 bits per heavy atom. The summed E-state index contributed by atoms with van der Waals surface area (Å²) in [5.41, 5.74) is 0.153. The van der Waals surface area contributed by atoms with Gasteiger partial charge in [0.1, 0.15) is 0 Å². The van der Waals surface area contributed by atoms with Crippen molar-refractivity contribution in [3.05, 3.63) is 0 Å². The van der Waals surface area contributed by atoms with E-state index in [1.807, 2.05) is 0 Å². The summed E-state index contributed by atoms with van der Waals surface area (Å²) >= 11 is 0. The zero-order valence-corrected chi connectivity index (χ0v) is 7.23. The average Bonchev–Trinajstić information content (AvgIpc) is 2.07. The number of carbonyl (C=O) groups is 1. The quantitative estimate of drug-likeness (QED) is 0.624. The van der Waals surface area contributed by atoms with Crippen LogP contribution in [0.1, 0.15) is 46.9 Å². The second kappa shape index (κ2) is 3.74. The molecule has 0 unspecified atom stereocenters. The van der Waals surface area contributed by atoms with Gasteiger partial charge in [0.25, 0.3) is 0 Å². The third-order valence-corrected chi connectivity index (χ3v) is 2.85. The van der Waals surface area contributed by atoms with E-state index in [-0.39, 0.29) is 6.97 Å². The number of hydrogen-bond acceptors (Lipinski definition) is 1. The second-order valence-corrected chi connectivity index (χ2v) is 3.46. The molecule has 2 heteroatoms. The summed E-state index contributed by atoms with van der Waals surface area (Å²) in [7, 11) is 0. The van der Waals surface area contributed by atoms with E-state index in [1.165, 1.54) is 32.1 Å². The first-order valence-corrected chi connectivity index (χ1v) is 4.54. The van der Waals surface area contributed by atoms with Crippen LogP contribution in [-0.2, 0) is 4.79 Å². The minimum Gasteiger partial charge on any atom is -0.353 e. The van der Waals surface area contributed by atoms with Crippen molar-refractivity contribution in [2.75, 3.05) is 0 Å². The molecular weight excluding hydrogens is 138 g/mol. The Balaban J connectivity index is 0.00000121. The summed E-state index contributed by atoms with van der Waals surface area (Å²) in [6, 6.07) is 0. The molecule has 1 rings (SSSR count). The molecule has 1 N–H and O–H groups in total. The maximum Gasteiger partial charge on any atom is 0.207 e. The zero-order valence-electron chi connectivity index (χ0n) is 7.23. The summed E-state index contributed by atoms with van der Waals surface area (Å²) in [6.45, 7) is 2.15. The summed E-state index contributed by atoms with van der Waals surface area (Å²) in [5, 5.41) is 2.97. The molecule has 1 saturated carbocycles. The predicted molar refractivity (Wildman–Crippen MR) is 47.4 cm³/mol. The SMILES string of the molecule is CCC1(NC=O)CCCCC1.[HH]. The van der Waals surface area contributed by atoms with E-state index < -0.39 is 0 Å². The van der Waals surface area contributed by atoms with Crippen LogP contribution in [0.5, 0.6) is 0 Å². The molecule has 0 radical (unpaired) electrons. The molecule has 1 aliphatic carbocycles. The number of carbonyl (C=O) groups excluding carboxylic acids is 1. The lowest BCUT2D eigenvalue weighted by Gasteiger charge is -2.35. The van der Waals surface area contributed by atoms with Gasteiger partial charge >= 0.3 is 0 Å². The van der Waals surface area contributed by atoms with Gasteiger partial charge in [-0.05, 0) is 19.3 Å². The van der Waals surface area contributed by atoms with Gasteiger partial charge in [0.05, 0.1) is 0 Å². The zero-order chi connectivity index (χ0) is 8.16. The van der Waals surface area contributed by atoms with E-state index in [0.717, 1.165) is 12.8 Å². The normalized spacial score (nSPS) is 22.6. The lowest BCUT2D eigenvalue weighted by molar-refractivity contribution is -0.111. The molecule has 0 atom stereocenters. The standard InChI is InChI=1S/C9H17NO.H2/c1-2-9(10-8-11)6-4-3-5-7-9;/h8H,2-7H2,1H3,(H,10,11);1H. The molecule has 0 aromatic heterocycles. The third kappa shape index (κ3) is 1.95. The molecule has 2 nitrogen and oxygen atoms in total. The van der Waals surface area contributed by atoms with E-state index >= 15 is 0 Å². The van der Waals surface area contributed by atoms with Crippen LogP contribution in [0.2, 0.25) is 0 Å². The van der Waals surface area contributed by atoms with Crippen LogP contribution in [0.15, 0.2) is 0 Å². The maximum absolute atomic E-state index is 10.3. The fourth-order valence-corrected chi connectivity index (χ4v) is 1.95. The first-order chi connectivity index (χ1) is 5.33. The van der Waals surface area contributed by atoms with Gasteiger partial charge in [0.15, 0.2) is 0 Å². The van der Waals surface area contributed by atoms with Gasteiger partial charge in [0, 0.05) is 6.97 Å². The van der Waals surface area contributed by atoms with Gasteiger partial charge in [-0.15, -0.1) is 0 Å². The first kappa shape index (κ1) is 8.57. The lowest BCUT2D eigenvalue weighted by atomic mass is 9.80. The fraction of sp³-hybridized carbons (Fsp3) is 0.889. The van der Waals surface area contributed by atoms with Gasteiger partial charge in [0.2, 0.25) is 6.41 Å². The summed E-state index contributed by atoms with van der Waals surface area (Å²) < 4.78 is 0. The van der Waals surface area contributed by atoms with E-state index in [9.17, 15) is 4.79 Å². The molecule has 11 heavy (non-hydrogen) atoms. The molecule has 0 spiro atoms. The highest BCUT2D eigenvalue weighted by molar-refractivity contribution is 5.48. The molecule has 0 bridgehead atoms. The Morgan fingerprint density at radius 1 is 1.45 bits per heavy atom. The minimum absolute atomic E-state index is 0. The molecule has 1 amide bonds. The van der Waals surface area contributed by atoms with Crippen LogP contribution in [-0.4, -0.2) is 11.9 Å². The van der Waals surface area contributed by atoms with Crippen LogP contribution in [0.4, 0.5) is 0 Å². The molecular formula is C9H19NO. The van der Waals surface area contributed by atoms with Crippen molar-refractivity contribution >= 4 is 6.41 Å². The van der Waals surface area contributed by atoms with Crippen LogP contribution < -0.4 is 5.32 Å². The van der Waals surface area contributed by atoms with Crippen molar-refractivity contribution < 1.29 is 6.22 Å². The van der Waals surface area contributed by atoms with Gasteiger partial charge in [-0.25, -0.2) is 0 Å². The highest BCUT2D eigenvalue weighted by Gasteiger charge is 2.28. The molecule has 0 heterocycles. The Bertz CT molecular complexity index is 132. The van der Waals surface area contributed by atoms with Gasteiger partial charge < -0.3 is 5.32 Å². The van der Waals surface area contributed by atoms with Gasteiger partial charge in [-0.1, -0.05) is 26.2 Å². The van der Waals surface area contributed by atoms with Crippen LogP contribution in [0.3, 0.4) is 0 Å². The summed E-state index contributed by atoms with van der Waals surface area (Å²) in [4.78, 5) is 10.3. The Hall–Kier alpha value is -0.530. The van der Waals surface area contributed by atoms with E-state index in [2.05, 4.69) is 12.2 Å². The Morgan fingerprint density at radius 3 is 2.55 bits per heavy atom. The smallest absolute Gasteiger partial charge is 0.207 e. The third-order valence-electron chi connectivity index (χ3n) is 2.85. The molecule has 0 aliphatic heterocycles. The van der Waals surface area contributed by atoms with Crippen LogP contribution in [0, 0.1) is 0 Å². The first-order valence-electron chi connectivity index (χ1n) is 4.54.